The zero-order valence-corrected chi connectivity index (χ0v) is 11.8. The maximum Gasteiger partial charge on any atom is 0.111 e. The molecule has 98 valence electrons. The first-order valence-corrected chi connectivity index (χ1v) is 7.33. The van der Waals surface area contributed by atoms with Crippen LogP contribution in [-0.2, 0) is 19.4 Å². The normalized spacial score (nSPS) is 12.8. The van der Waals surface area contributed by atoms with Gasteiger partial charge in [-0.15, -0.1) is 11.3 Å². The van der Waals surface area contributed by atoms with Crippen LogP contribution in [0.15, 0.2) is 24.5 Å². The molecule has 1 atom stereocenters. The summed E-state index contributed by atoms with van der Waals surface area (Å²) in [6.45, 7) is 5.25. The lowest BCUT2D eigenvalue weighted by Gasteiger charge is -2.10. The Balaban J connectivity index is 2.06. The molecule has 2 rings (SSSR count). The highest BCUT2D eigenvalue weighted by atomic mass is 32.1. The molecule has 2 heterocycles. The highest BCUT2D eigenvalue weighted by Gasteiger charge is 2.14. The Morgan fingerprint density at radius 1 is 1.39 bits per heavy atom. The maximum absolute atomic E-state index is 10.3. The van der Waals surface area contributed by atoms with E-state index in [0.29, 0.717) is 6.42 Å². The topological polar surface area (TPSA) is 38.0 Å². The number of aromatic nitrogens is 2. The Hall–Kier alpha value is -1.13. The van der Waals surface area contributed by atoms with Crippen molar-refractivity contribution in [3.8, 4) is 0 Å². The molecule has 0 bridgehead atoms. The van der Waals surface area contributed by atoms with Crippen LogP contribution in [0.3, 0.4) is 0 Å². The van der Waals surface area contributed by atoms with E-state index in [2.05, 4.69) is 29.5 Å². The smallest absolute Gasteiger partial charge is 0.111 e. The number of aliphatic hydroxyl groups excluding tert-OH is 1. The third-order valence-electron chi connectivity index (χ3n) is 3.00. The summed E-state index contributed by atoms with van der Waals surface area (Å²) in [4.78, 5) is 6.69. The van der Waals surface area contributed by atoms with E-state index in [-0.39, 0.29) is 0 Å². The van der Waals surface area contributed by atoms with Crippen LogP contribution in [-0.4, -0.2) is 14.7 Å². The molecule has 1 unspecified atom stereocenters. The minimum atomic E-state index is -0.437. The monoisotopic (exact) mass is 264 g/mol. The number of nitrogens with zero attached hydrogens (tertiary/aromatic N) is 2. The summed E-state index contributed by atoms with van der Waals surface area (Å²) in [5, 5.41) is 10.3. The van der Waals surface area contributed by atoms with E-state index >= 15 is 0 Å². The fourth-order valence-corrected chi connectivity index (χ4v) is 2.95. The number of rotatable bonds is 6. The van der Waals surface area contributed by atoms with Gasteiger partial charge in [0, 0.05) is 35.1 Å². The van der Waals surface area contributed by atoms with Crippen LogP contribution in [0.5, 0.6) is 0 Å². The molecule has 18 heavy (non-hydrogen) atoms. The Kier molecular flexibility index (Phi) is 4.55. The molecule has 0 fully saturated rings. The van der Waals surface area contributed by atoms with Crippen molar-refractivity contribution < 1.29 is 5.11 Å². The van der Waals surface area contributed by atoms with Crippen molar-refractivity contribution in [2.24, 2.45) is 0 Å². The van der Waals surface area contributed by atoms with Crippen LogP contribution in [0.1, 0.15) is 42.0 Å². The molecule has 0 aliphatic rings. The third kappa shape index (κ3) is 3.00. The maximum atomic E-state index is 10.3. The van der Waals surface area contributed by atoms with Gasteiger partial charge in [0.25, 0.3) is 0 Å². The summed E-state index contributed by atoms with van der Waals surface area (Å²) < 4.78 is 2.12. The third-order valence-corrected chi connectivity index (χ3v) is 4.33. The second kappa shape index (κ2) is 6.16. The number of thiophene rings is 1. The van der Waals surface area contributed by atoms with Crippen LogP contribution in [0.25, 0.3) is 0 Å². The highest BCUT2D eigenvalue weighted by Crippen LogP contribution is 2.26. The summed E-state index contributed by atoms with van der Waals surface area (Å²) in [5.41, 5.74) is 0. The molecule has 0 saturated heterocycles. The molecule has 0 spiro atoms. The quantitative estimate of drug-likeness (QED) is 0.870. The lowest BCUT2D eigenvalue weighted by atomic mass is 10.2. The zero-order chi connectivity index (χ0) is 13.0. The molecular weight excluding hydrogens is 244 g/mol. The Bertz CT molecular complexity index is 489. The van der Waals surface area contributed by atoms with Crippen molar-refractivity contribution in [1.29, 1.82) is 0 Å². The van der Waals surface area contributed by atoms with E-state index in [1.54, 1.807) is 11.3 Å². The van der Waals surface area contributed by atoms with E-state index in [4.69, 9.17) is 0 Å². The van der Waals surface area contributed by atoms with E-state index < -0.39 is 6.10 Å². The van der Waals surface area contributed by atoms with Gasteiger partial charge in [0.05, 0.1) is 6.10 Å². The van der Waals surface area contributed by atoms with Gasteiger partial charge >= 0.3 is 0 Å². The molecule has 0 saturated carbocycles. The number of aliphatic hydroxyl groups is 1. The Labute approximate surface area is 112 Å². The van der Waals surface area contributed by atoms with Crippen LogP contribution in [0.2, 0.25) is 0 Å². The van der Waals surface area contributed by atoms with Crippen LogP contribution in [0.4, 0.5) is 0 Å². The number of imidazole rings is 1. The van der Waals surface area contributed by atoms with Crippen LogP contribution >= 0.6 is 11.3 Å². The van der Waals surface area contributed by atoms with Gasteiger partial charge in [-0.05, 0) is 25.0 Å². The summed E-state index contributed by atoms with van der Waals surface area (Å²) in [7, 11) is 0. The number of aryl methyl sites for hydroxylation is 2. The van der Waals surface area contributed by atoms with Crippen LogP contribution in [0, 0.1) is 0 Å². The predicted molar refractivity (Wildman–Crippen MR) is 74.9 cm³/mol. The second-order valence-electron chi connectivity index (χ2n) is 4.41. The molecule has 3 nitrogen and oxygen atoms in total. The average Bonchev–Trinajstić information content (AvgIpc) is 2.99. The second-order valence-corrected chi connectivity index (χ2v) is 5.61. The first kappa shape index (κ1) is 13.3. The Morgan fingerprint density at radius 3 is 2.89 bits per heavy atom. The summed E-state index contributed by atoms with van der Waals surface area (Å²) >= 11 is 1.70. The summed E-state index contributed by atoms with van der Waals surface area (Å²) in [6.07, 6.45) is 6.06. The van der Waals surface area contributed by atoms with Crippen molar-refractivity contribution >= 4 is 11.3 Å². The molecular formula is C14H20N2OS. The Morgan fingerprint density at radius 2 is 2.22 bits per heavy atom. The van der Waals surface area contributed by atoms with E-state index in [1.165, 1.54) is 4.88 Å². The van der Waals surface area contributed by atoms with Gasteiger partial charge in [-0.2, -0.15) is 0 Å². The molecule has 0 aliphatic heterocycles. The van der Waals surface area contributed by atoms with Gasteiger partial charge in [-0.3, -0.25) is 0 Å². The molecule has 2 aromatic heterocycles. The first-order valence-electron chi connectivity index (χ1n) is 6.51. The lowest BCUT2D eigenvalue weighted by Crippen LogP contribution is -2.08. The van der Waals surface area contributed by atoms with Gasteiger partial charge in [-0.1, -0.05) is 13.8 Å². The fraction of sp³-hybridized carbons (Fsp3) is 0.500. The molecule has 1 N–H and O–H groups in total. The molecule has 0 aromatic carbocycles. The molecule has 0 aliphatic carbocycles. The number of hydrogen-bond acceptors (Lipinski definition) is 3. The first-order chi connectivity index (χ1) is 8.74. The predicted octanol–water partition coefficient (Wildman–Crippen LogP) is 3.19. The van der Waals surface area contributed by atoms with Gasteiger partial charge in [0.1, 0.15) is 5.82 Å². The lowest BCUT2D eigenvalue weighted by molar-refractivity contribution is 0.178. The minimum absolute atomic E-state index is 0.437. The van der Waals surface area contributed by atoms with Crippen molar-refractivity contribution in [2.45, 2.75) is 45.8 Å². The van der Waals surface area contributed by atoms with E-state index in [0.717, 1.165) is 30.1 Å². The van der Waals surface area contributed by atoms with Gasteiger partial charge < -0.3 is 9.67 Å². The molecule has 0 amide bonds. The van der Waals surface area contributed by atoms with E-state index in [1.807, 2.05) is 18.5 Å². The van der Waals surface area contributed by atoms with Crippen molar-refractivity contribution in [3.63, 3.8) is 0 Å². The minimum Gasteiger partial charge on any atom is -0.387 e. The number of hydrogen-bond donors (Lipinski definition) is 1. The molecule has 0 radical (unpaired) electrons. The zero-order valence-electron chi connectivity index (χ0n) is 11.0. The average molecular weight is 264 g/mol. The van der Waals surface area contributed by atoms with Crippen molar-refractivity contribution in [3.05, 3.63) is 40.1 Å². The SMILES string of the molecule is CCCn1ccnc1CC(O)c1ccc(CC)s1. The largest absolute Gasteiger partial charge is 0.387 e. The highest BCUT2D eigenvalue weighted by molar-refractivity contribution is 7.12. The van der Waals surface area contributed by atoms with Gasteiger partial charge in [0.15, 0.2) is 0 Å². The van der Waals surface area contributed by atoms with Crippen molar-refractivity contribution in [2.75, 3.05) is 0 Å². The fourth-order valence-electron chi connectivity index (χ4n) is 2.01. The standard InChI is InChI=1S/C14H20N2OS/c1-3-8-16-9-7-15-14(16)10-12(17)13-6-5-11(4-2)18-13/h5-7,9,12,17H,3-4,8,10H2,1-2H3. The van der Waals surface area contributed by atoms with Crippen LogP contribution < -0.4 is 0 Å². The summed E-state index contributed by atoms with van der Waals surface area (Å²) in [5.74, 6) is 0.968. The summed E-state index contributed by atoms with van der Waals surface area (Å²) in [6, 6.07) is 4.13. The molecule has 2 aromatic rings. The molecule has 4 heteroatoms. The van der Waals surface area contributed by atoms with Crippen molar-refractivity contribution in [1.82, 2.24) is 9.55 Å². The van der Waals surface area contributed by atoms with E-state index in [9.17, 15) is 5.11 Å². The van der Waals surface area contributed by atoms with Gasteiger partial charge in [-0.25, -0.2) is 4.98 Å². The van der Waals surface area contributed by atoms with Gasteiger partial charge in [0.2, 0.25) is 0 Å².